The minimum Gasteiger partial charge on any atom is -0.399 e. The number of nitrogens with two attached hydrogens (primary N) is 1. The van der Waals surface area contributed by atoms with Crippen molar-refractivity contribution in [3.8, 4) is 0 Å². The van der Waals surface area contributed by atoms with Gasteiger partial charge in [-0.05, 0) is 42.8 Å². The van der Waals surface area contributed by atoms with E-state index in [2.05, 4.69) is 31.2 Å². The SMILES string of the molecule is CCc1ccc(CSc2ccc(N)cc2)s1. The summed E-state index contributed by atoms with van der Waals surface area (Å²) in [6.45, 7) is 2.20. The zero-order valence-corrected chi connectivity index (χ0v) is 10.9. The second kappa shape index (κ2) is 5.41. The van der Waals surface area contributed by atoms with Crippen molar-refractivity contribution in [2.24, 2.45) is 0 Å². The average Bonchev–Trinajstić information content (AvgIpc) is 2.76. The van der Waals surface area contributed by atoms with Gasteiger partial charge in [-0.3, -0.25) is 0 Å². The van der Waals surface area contributed by atoms with E-state index in [9.17, 15) is 0 Å². The molecular formula is C13H15NS2. The van der Waals surface area contributed by atoms with Crippen LogP contribution in [-0.4, -0.2) is 0 Å². The van der Waals surface area contributed by atoms with Crippen LogP contribution in [0.3, 0.4) is 0 Å². The molecule has 16 heavy (non-hydrogen) atoms. The van der Waals surface area contributed by atoms with Gasteiger partial charge >= 0.3 is 0 Å². The molecule has 2 aromatic rings. The average molecular weight is 249 g/mol. The standard InChI is InChI=1S/C13H15NS2/c1-2-11-7-8-13(16-11)9-15-12-5-3-10(14)4-6-12/h3-8H,2,9,14H2,1H3. The number of thiophene rings is 1. The smallest absolute Gasteiger partial charge is 0.0326 e. The van der Waals surface area contributed by atoms with Gasteiger partial charge in [0.25, 0.3) is 0 Å². The quantitative estimate of drug-likeness (QED) is 0.649. The highest BCUT2D eigenvalue weighted by molar-refractivity contribution is 7.98. The molecule has 0 saturated carbocycles. The Morgan fingerprint density at radius 1 is 1.06 bits per heavy atom. The van der Waals surface area contributed by atoms with Crippen LogP contribution >= 0.6 is 23.1 Å². The van der Waals surface area contributed by atoms with Gasteiger partial charge in [0.1, 0.15) is 0 Å². The predicted molar refractivity (Wildman–Crippen MR) is 74.1 cm³/mol. The first kappa shape index (κ1) is 11.6. The maximum absolute atomic E-state index is 5.65. The highest BCUT2D eigenvalue weighted by Crippen LogP contribution is 2.27. The lowest BCUT2D eigenvalue weighted by Crippen LogP contribution is -1.82. The third kappa shape index (κ3) is 3.03. The topological polar surface area (TPSA) is 26.0 Å². The van der Waals surface area contributed by atoms with Gasteiger partial charge < -0.3 is 5.73 Å². The van der Waals surface area contributed by atoms with Crippen molar-refractivity contribution in [3.63, 3.8) is 0 Å². The summed E-state index contributed by atoms with van der Waals surface area (Å²) in [7, 11) is 0. The molecule has 0 saturated heterocycles. The molecule has 1 aromatic heterocycles. The Morgan fingerprint density at radius 2 is 1.75 bits per heavy atom. The Labute approximate surface area is 105 Å². The van der Waals surface area contributed by atoms with Crippen LogP contribution in [0.15, 0.2) is 41.3 Å². The highest BCUT2D eigenvalue weighted by atomic mass is 32.2. The number of rotatable bonds is 4. The number of anilines is 1. The molecule has 1 aromatic carbocycles. The van der Waals surface area contributed by atoms with E-state index in [1.165, 1.54) is 14.6 Å². The zero-order chi connectivity index (χ0) is 11.4. The molecule has 0 radical (unpaired) electrons. The van der Waals surface area contributed by atoms with E-state index < -0.39 is 0 Å². The Morgan fingerprint density at radius 3 is 2.38 bits per heavy atom. The lowest BCUT2D eigenvalue weighted by Gasteiger charge is -2.00. The van der Waals surface area contributed by atoms with E-state index in [1.54, 1.807) is 0 Å². The molecule has 3 heteroatoms. The van der Waals surface area contributed by atoms with Crippen molar-refractivity contribution in [2.75, 3.05) is 5.73 Å². The van der Waals surface area contributed by atoms with Crippen LogP contribution in [0.2, 0.25) is 0 Å². The number of benzene rings is 1. The first-order valence-corrected chi connectivity index (χ1v) is 7.14. The number of hydrogen-bond acceptors (Lipinski definition) is 3. The number of aryl methyl sites for hydroxylation is 1. The van der Waals surface area contributed by atoms with Crippen LogP contribution in [-0.2, 0) is 12.2 Å². The second-order valence-electron chi connectivity index (χ2n) is 3.58. The molecule has 0 spiro atoms. The molecule has 2 rings (SSSR count). The Bertz CT molecular complexity index is 445. The number of hydrogen-bond donors (Lipinski definition) is 1. The summed E-state index contributed by atoms with van der Waals surface area (Å²) in [6, 6.07) is 12.5. The van der Waals surface area contributed by atoms with Gasteiger partial charge in [0.05, 0.1) is 0 Å². The van der Waals surface area contributed by atoms with Crippen molar-refractivity contribution in [3.05, 3.63) is 46.2 Å². The second-order valence-corrected chi connectivity index (χ2v) is 5.88. The van der Waals surface area contributed by atoms with Crippen molar-refractivity contribution < 1.29 is 0 Å². The Balaban J connectivity index is 1.94. The first-order valence-electron chi connectivity index (χ1n) is 5.34. The minimum atomic E-state index is 0.828. The van der Waals surface area contributed by atoms with Gasteiger partial charge in [0.15, 0.2) is 0 Å². The molecule has 0 bridgehead atoms. The summed E-state index contributed by atoms with van der Waals surface area (Å²) < 4.78 is 0. The van der Waals surface area contributed by atoms with Crippen LogP contribution in [0.25, 0.3) is 0 Å². The summed E-state index contributed by atoms with van der Waals surface area (Å²) in [5.41, 5.74) is 6.48. The monoisotopic (exact) mass is 249 g/mol. The van der Waals surface area contributed by atoms with E-state index in [4.69, 9.17) is 5.73 Å². The van der Waals surface area contributed by atoms with Crippen LogP contribution in [0, 0.1) is 0 Å². The fourth-order valence-electron chi connectivity index (χ4n) is 1.41. The third-order valence-electron chi connectivity index (χ3n) is 2.33. The van der Waals surface area contributed by atoms with Gasteiger partial charge in [0, 0.05) is 26.1 Å². The molecule has 1 nitrogen and oxygen atoms in total. The van der Waals surface area contributed by atoms with Crippen LogP contribution in [0.4, 0.5) is 5.69 Å². The normalized spacial score (nSPS) is 10.6. The maximum atomic E-state index is 5.65. The van der Waals surface area contributed by atoms with Gasteiger partial charge in [-0.25, -0.2) is 0 Å². The molecule has 0 aliphatic rings. The van der Waals surface area contributed by atoms with Crippen molar-refractivity contribution >= 4 is 28.8 Å². The highest BCUT2D eigenvalue weighted by Gasteiger charge is 2.00. The fraction of sp³-hybridized carbons (Fsp3) is 0.231. The maximum Gasteiger partial charge on any atom is 0.0326 e. The molecule has 1 heterocycles. The van der Waals surface area contributed by atoms with Gasteiger partial charge in [-0.15, -0.1) is 23.1 Å². The summed E-state index contributed by atoms with van der Waals surface area (Å²) in [5.74, 6) is 1.05. The van der Waals surface area contributed by atoms with Gasteiger partial charge in [0.2, 0.25) is 0 Å². The molecule has 0 aliphatic heterocycles. The summed E-state index contributed by atoms with van der Waals surface area (Å²) >= 11 is 3.77. The Hall–Kier alpha value is -0.930. The molecular weight excluding hydrogens is 234 g/mol. The summed E-state index contributed by atoms with van der Waals surface area (Å²) in [4.78, 5) is 4.19. The van der Waals surface area contributed by atoms with Crippen LogP contribution in [0.5, 0.6) is 0 Å². The summed E-state index contributed by atoms with van der Waals surface area (Å²) in [6.07, 6.45) is 1.14. The number of thioether (sulfide) groups is 1. The van der Waals surface area contributed by atoms with Gasteiger partial charge in [-0.1, -0.05) is 6.92 Å². The van der Waals surface area contributed by atoms with Crippen molar-refractivity contribution in [1.82, 2.24) is 0 Å². The molecule has 0 aliphatic carbocycles. The van der Waals surface area contributed by atoms with Crippen LogP contribution in [0.1, 0.15) is 16.7 Å². The van der Waals surface area contributed by atoms with Gasteiger partial charge in [-0.2, -0.15) is 0 Å². The lowest BCUT2D eigenvalue weighted by atomic mass is 10.3. The van der Waals surface area contributed by atoms with Crippen LogP contribution < -0.4 is 5.73 Å². The summed E-state index contributed by atoms with van der Waals surface area (Å²) in [5, 5.41) is 0. The number of nitrogen functional groups attached to an aromatic ring is 1. The zero-order valence-electron chi connectivity index (χ0n) is 9.27. The molecule has 84 valence electrons. The van der Waals surface area contributed by atoms with E-state index in [0.717, 1.165) is 17.9 Å². The van der Waals surface area contributed by atoms with Crippen molar-refractivity contribution in [1.29, 1.82) is 0 Å². The molecule has 0 amide bonds. The first-order chi connectivity index (χ1) is 7.78. The third-order valence-corrected chi connectivity index (χ3v) is 4.80. The lowest BCUT2D eigenvalue weighted by molar-refractivity contribution is 1.19. The largest absolute Gasteiger partial charge is 0.399 e. The van der Waals surface area contributed by atoms with E-state index in [-0.39, 0.29) is 0 Å². The molecule has 0 unspecified atom stereocenters. The predicted octanol–water partition coefficient (Wildman–Crippen LogP) is 4.19. The molecule has 2 N–H and O–H groups in total. The van der Waals surface area contributed by atoms with Crippen molar-refractivity contribution in [2.45, 2.75) is 24.0 Å². The molecule has 0 atom stereocenters. The van der Waals surface area contributed by atoms with E-state index in [0.29, 0.717) is 0 Å². The van der Waals surface area contributed by atoms with E-state index >= 15 is 0 Å². The van der Waals surface area contributed by atoms with E-state index in [1.807, 2.05) is 35.2 Å². The minimum absolute atomic E-state index is 0.828. The molecule has 0 fully saturated rings. The Kier molecular flexibility index (Phi) is 3.91. The fourth-order valence-corrected chi connectivity index (χ4v) is 3.31.